The van der Waals surface area contributed by atoms with Crippen LogP contribution in [0.5, 0.6) is 23.0 Å². The van der Waals surface area contributed by atoms with E-state index < -0.39 is 10.8 Å². The summed E-state index contributed by atoms with van der Waals surface area (Å²) in [6.45, 7) is 20.6. The quantitative estimate of drug-likeness (QED) is 0.158. The first-order valence-electron chi connectivity index (χ1n) is 17.9. The van der Waals surface area contributed by atoms with Gasteiger partial charge in [-0.2, -0.15) is 0 Å². The fourth-order valence-corrected chi connectivity index (χ4v) is 10.2. The van der Waals surface area contributed by atoms with Crippen LogP contribution in [0.25, 0.3) is 0 Å². The first-order valence-corrected chi connectivity index (χ1v) is 22.4. The molecule has 5 aromatic carbocycles. The molecule has 0 spiro atoms. The average Bonchev–Trinajstić information content (AvgIpc) is 3.11. The second-order valence-corrected chi connectivity index (χ2v) is 18.5. The van der Waals surface area contributed by atoms with E-state index in [0.29, 0.717) is 21.3 Å². The topological polar surface area (TPSA) is 18.5 Å². The maximum absolute atomic E-state index is 7.00. The van der Waals surface area contributed by atoms with Crippen LogP contribution < -0.4 is 9.47 Å². The van der Waals surface area contributed by atoms with Crippen LogP contribution >= 0.6 is 63.7 Å². The van der Waals surface area contributed by atoms with Crippen LogP contribution in [0.3, 0.4) is 0 Å². The normalized spacial score (nSPS) is 15.2. The Hall–Kier alpha value is -2.38. The molecule has 0 aromatic heterocycles. The minimum atomic E-state index is -0.515. The predicted octanol–water partition coefficient (Wildman–Crippen LogP) is 14.7. The van der Waals surface area contributed by atoms with Crippen LogP contribution in [0.15, 0.2) is 66.7 Å². The summed E-state index contributed by atoms with van der Waals surface area (Å²) in [7, 11) is 0. The third kappa shape index (κ3) is 5.97. The van der Waals surface area contributed by atoms with Gasteiger partial charge >= 0.3 is 0 Å². The zero-order valence-electron chi connectivity index (χ0n) is 31.5. The first kappa shape index (κ1) is 37.9. The first-order chi connectivity index (χ1) is 24.6. The Morgan fingerprint density at radius 3 is 0.942 bits per heavy atom. The number of hydrogen-bond donors (Lipinski definition) is 0. The van der Waals surface area contributed by atoms with Crippen LogP contribution in [-0.2, 0) is 37.6 Å². The van der Waals surface area contributed by atoms with Gasteiger partial charge in [-0.15, -0.1) is 0 Å². The van der Waals surface area contributed by atoms with Crippen LogP contribution in [0.1, 0.15) is 118 Å². The van der Waals surface area contributed by atoms with Crippen molar-refractivity contribution in [2.24, 2.45) is 0 Å². The van der Waals surface area contributed by atoms with Gasteiger partial charge in [0.2, 0.25) is 0 Å². The molecule has 0 radical (unpaired) electrons. The Labute approximate surface area is 343 Å². The lowest BCUT2D eigenvalue weighted by Crippen LogP contribution is -2.34. The van der Waals surface area contributed by atoms with Gasteiger partial charge in [-0.3, -0.25) is 0 Å². The van der Waals surface area contributed by atoms with Gasteiger partial charge in [0.25, 0.3) is 0 Å². The lowest BCUT2D eigenvalue weighted by atomic mass is 9.63. The monoisotopic (exact) mass is 946 g/mol. The number of ether oxygens (including phenoxy) is 2. The fourth-order valence-electron chi connectivity index (χ4n) is 8.51. The maximum Gasteiger partial charge on any atom is 0.135 e. The molecule has 0 aliphatic carbocycles. The molecule has 270 valence electrons. The molecule has 2 nitrogen and oxygen atoms in total. The molecule has 0 atom stereocenters. The molecular weight excluding hydrogens is 904 g/mol. The zero-order valence-corrected chi connectivity index (χ0v) is 37.9. The molecule has 2 heterocycles. The van der Waals surface area contributed by atoms with Gasteiger partial charge in [0, 0.05) is 76.7 Å². The lowest BCUT2D eigenvalue weighted by Gasteiger charge is -2.43. The highest BCUT2D eigenvalue weighted by Gasteiger charge is 2.46. The molecule has 6 heteroatoms. The van der Waals surface area contributed by atoms with E-state index >= 15 is 0 Å². The summed E-state index contributed by atoms with van der Waals surface area (Å²) in [5.41, 5.74) is 17.0. The van der Waals surface area contributed by atoms with E-state index in [0.717, 1.165) is 45.3 Å². The molecule has 0 N–H and O–H groups in total. The number of alkyl halides is 4. The van der Waals surface area contributed by atoms with E-state index in [9.17, 15) is 0 Å². The van der Waals surface area contributed by atoms with Crippen molar-refractivity contribution >= 4 is 63.7 Å². The van der Waals surface area contributed by atoms with E-state index in [2.05, 4.69) is 193 Å². The van der Waals surface area contributed by atoms with Crippen molar-refractivity contribution in [3.63, 3.8) is 0 Å². The Morgan fingerprint density at radius 1 is 0.442 bits per heavy atom. The van der Waals surface area contributed by atoms with E-state index in [1.54, 1.807) is 0 Å². The van der Waals surface area contributed by atoms with Crippen molar-refractivity contribution in [3.05, 3.63) is 150 Å². The molecule has 0 fully saturated rings. The van der Waals surface area contributed by atoms with Crippen LogP contribution in [0.2, 0.25) is 0 Å². The SMILES string of the molecule is Cc1cc(CBr)c2c(c1)C(C)(c1cc(C(C)(C)C)cc(C3(C)c4cc(C)cc(CBr)c4Oc4c(CBr)cc(C)cc43)c1)c1cc(C)cc(CBr)c1O2. The van der Waals surface area contributed by atoms with Gasteiger partial charge in [-0.1, -0.05) is 173 Å². The standard InChI is InChI=1S/C46H46Br4O2/c1-25-10-29(21-47)40-36(14-25)45(8,37-15-26(2)11-30(22-48)41(37)51-40)34-18-33(44(5,6)7)19-35(20-34)46(9)38-16-27(3)12-31(23-49)42(38)52-43-32(24-50)13-28(4)17-39(43)46/h10-20H,21-24H2,1-9H3. The molecule has 7 rings (SSSR count). The van der Waals surface area contributed by atoms with Gasteiger partial charge in [-0.25, -0.2) is 0 Å². The number of benzene rings is 5. The summed E-state index contributed by atoms with van der Waals surface area (Å²) < 4.78 is 14.0. The summed E-state index contributed by atoms with van der Waals surface area (Å²) in [6.07, 6.45) is 0. The number of fused-ring (bicyclic) bond motifs is 4. The van der Waals surface area contributed by atoms with Gasteiger partial charge in [0.05, 0.1) is 0 Å². The maximum atomic E-state index is 7.00. The van der Waals surface area contributed by atoms with Crippen molar-refractivity contribution < 1.29 is 9.47 Å². The zero-order chi connectivity index (χ0) is 37.5. The molecular formula is C46H46Br4O2. The van der Waals surface area contributed by atoms with E-state index in [-0.39, 0.29) is 5.41 Å². The van der Waals surface area contributed by atoms with E-state index in [4.69, 9.17) is 9.47 Å². The highest BCUT2D eigenvalue weighted by Crippen LogP contribution is 2.58. The van der Waals surface area contributed by atoms with Crippen molar-refractivity contribution in [2.75, 3.05) is 0 Å². The minimum Gasteiger partial charge on any atom is -0.456 e. The summed E-state index contributed by atoms with van der Waals surface area (Å²) in [6, 6.07) is 25.9. The van der Waals surface area contributed by atoms with Crippen molar-refractivity contribution in [2.45, 2.75) is 99.9 Å². The smallest absolute Gasteiger partial charge is 0.135 e. The highest BCUT2D eigenvalue weighted by molar-refractivity contribution is 9.09. The molecule has 2 aliphatic heterocycles. The predicted molar refractivity (Wildman–Crippen MR) is 232 cm³/mol. The molecule has 0 unspecified atom stereocenters. The van der Waals surface area contributed by atoms with Crippen LogP contribution in [-0.4, -0.2) is 0 Å². The van der Waals surface area contributed by atoms with E-state index in [1.165, 1.54) is 61.2 Å². The van der Waals surface area contributed by atoms with Gasteiger partial charge < -0.3 is 9.47 Å². The summed E-state index contributed by atoms with van der Waals surface area (Å²) in [4.78, 5) is 0. The Morgan fingerprint density at radius 2 is 0.712 bits per heavy atom. The molecule has 0 saturated carbocycles. The Balaban J connectivity index is 1.64. The van der Waals surface area contributed by atoms with Crippen LogP contribution in [0, 0.1) is 27.7 Å². The minimum absolute atomic E-state index is 0.117. The second kappa shape index (κ2) is 13.7. The van der Waals surface area contributed by atoms with Crippen LogP contribution in [0.4, 0.5) is 0 Å². The van der Waals surface area contributed by atoms with Crippen molar-refractivity contribution in [1.82, 2.24) is 0 Å². The molecule has 0 saturated heterocycles. The summed E-state index contributed by atoms with van der Waals surface area (Å²) >= 11 is 15.3. The third-order valence-electron chi connectivity index (χ3n) is 11.3. The number of rotatable bonds is 6. The Bertz CT molecular complexity index is 1990. The number of aryl methyl sites for hydroxylation is 4. The van der Waals surface area contributed by atoms with Crippen molar-refractivity contribution in [1.29, 1.82) is 0 Å². The largest absolute Gasteiger partial charge is 0.456 e. The van der Waals surface area contributed by atoms with Gasteiger partial charge in [0.15, 0.2) is 0 Å². The second-order valence-electron chi connectivity index (χ2n) is 16.2. The fraction of sp³-hybridized carbons (Fsp3) is 0.348. The van der Waals surface area contributed by atoms with Gasteiger partial charge in [0.1, 0.15) is 23.0 Å². The molecule has 5 aromatic rings. The number of hydrogen-bond acceptors (Lipinski definition) is 2. The molecule has 0 bridgehead atoms. The van der Waals surface area contributed by atoms with Crippen molar-refractivity contribution in [3.8, 4) is 23.0 Å². The summed E-state index contributed by atoms with van der Waals surface area (Å²) in [5.74, 6) is 3.81. The lowest BCUT2D eigenvalue weighted by molar-refractivity contribution is 0.416. The summed E-state index contributed by atoms with van der Waals surface area (Å²) in [5, 5.41) is 2.84. The molecule has 0 amide bonds. The third-order valence-corrected chi connectivity index (χ3v) is 13.7. The molecule has 2 aliphatic rings. The molecule has 52 heavy (non-hydrogen) atoms. The van der Waals surface area contributed by atoms with Gasteiger partial charge in [-0.05, 0) is 63.6 Å². The highest BCUT2D eigenvalue weighted by atomic mass is 79.9. The number of halogens is 4. The Kier molecular flexibility index (Phi) is 10.0. The average molecular weight is 950 g/mol. The van der Waals surface area contributed by atoms with E-state index in [1.807, 2.05) is 0 Å².